The summed E-state index contributed by atoms with van der Waals surface area (Å²) in [7, 11) is 0. The summed E-state index contributed by atoms with van der Waals surface area (Å²) in [4.78, 5) is 7.74. The Morgan fingerprint density at radius 3 is 2.33 bits per heavy atom. The maximum absolute atomic E-state index is 9.71. The van der Waals surface area contributed by atoms with Gasteiger partial charge in [-0.1, -0.05) is 11.8 Å². The van der Waals surface area contributed by atoms with Gasteiger partial charge in [0.15, 0.2) is 10.2 Å². The standard InChI is InChI=1S/C15H16N2O2S2/c1-6-7(2)9(4)13-12(8(6)3)17-15(21-13)20-10-5-11(18)16-14(10)19/h5,16,18-19H,1-4H3. The van der Waals surface area contributed by atoms with Gasteiger partial charge in [0.2, 0.25) is 5.88 Å². The topological polar surface area (TPSA) is 69.1 Å². The van der Waals surface area contributed by atoms with Crippen molar-refractivity contribution in [3.05, 3.63) is 28.3 Å². The van der Waals surface area contributed by atoms with Crippen LogP contribution in [0.5, 0.6) is 11.8 Å². The Kier molecular flexibility index (Phi) is 3.37. The van der Waals surface area contributed by atoms with Crippen molar-refractivity contribution in [3.63, 3.8) is 0 Å². The van der Waals surface area contributed by atoms with Crippen molar-refractivity contribution in [2.45, 2.75) is 36.9 Å². The van der Waals surface area contributed by atoms with E-state index in [0.29, 0.717) is 4.90 Å². The molecule has 0 fully saturated rings. The molecule has 0 aliphatic heterocycles. The lowest BCUT2D eigenvalue weighted by Crippen LogP contribution is -1.91. The Morgan fingerprint density at radius 2 is 1.71 bits per heavy atom. The fourth-order valence-electron chi connectivity index (χ4n) is 2.35. The van der Waals surface area contributed by atoms with Crippen molar-refractivity contribution < 1.29 is 10.2 Å². The van der Waals surface area contributed by atoms with E-state index in [1.54, 1.807) is 11.3 Å². The number of fused-ring (bicyclic) bond motifs is 1. The van der Waals surface area contributed by atoms with Crippen molar-refractivity contribution in [1.82, 2.24) is 9.97 Å². The Labute approximate surface area is 130 Å². The third-order valence-corrected chi connectivity index (χ3v) is 6.20. The average Bonchev–Trinajstić information content (AvgIpc) is 2.98. The molecular formula is C15H16N2O2S2. The van der Waals surface area contributed by atoms with Gasteiger partial charge in [0.25, 0.3) is 0 Å². The molecule has 3 aromatic rings. The molecule has 1 aromatic carbocycles. The molecule has 3 N–H and O–H groups in total. The van der Waals surface area contributed by atoms with E-state index in [-0.39, 0.29) is 11.8 Å². The summed E-state index contributed by atoms with van der Waals surface area (Å²) in [5.74, 6) is -0.0762. The maximum Gasteiger partial charge on any atom is 0.205 e. The summed E-state index contributed by atoms with van der Waals surface area (Å²) < 4.78 is 2.05. The van der Waals surface area contributed by atoms with E-state index in [2.05, 4.69) is 32.7 Å². The van der Waals surface area contributed by atoms with Gasteiger partial charge in [-0.3, -0.25) is 4.98 Å². The lowest BCUT2D eigenvalue weighted by molar-refractivity contribution is 0.421. The van der Waals surface area contributed by atoms with Crippen molar-refractivity contribution in [2.24, 2.45) is 0 Å². The minimum Gasteiger partial charge on any atom is -0.494 e. The summed E-state index contributed by atoms with van der Waals surface area (Å²) in [6.07, 6.45) is 0. The Morgan fingerprint density at radius 1 is 1.05 bits per heavy atom. The van der Waals surface area contributed by atoms with E-state index in [9.17, 15) is 10.2 Å². The largest absolute Gasteiger partial charge is 0.494 e. The highest BCUT2D eigenvalue weighted by Gasteiger charge is 2.16. The molecular weight excluding hydrogens is 304 g/mol. The number of aryl methyl sites for hydroxylation is 2. The van der Waals surface area contributed by atoms with E-state index in [1.807, 2.05) is 0 Å². The molecule has 0 aliphatic carbocycles. The smallest absolute Gasteiger partial charge is 0.205 e. The zero-order chi connectivity index (χ0) is 15.3. The van der Waals surface area contributed by atoms with Crippen molar-refractivity contribution in [1.29, 1.82) is 0 Å². The number of nitrogens with one attached hydrogen (secondary N) is 1. The molecule has 21 heavy (non-hydrogen) atoms. The first-order chi connectivity index (χ1) is 9.88. The van der Waals surface area contributed by atoms with Crippen LogP contribution in [0.3, 0.4) is 0 Å². The number of aromatic nitrogens is 2. The molecule has 6 heteroatoms. The van der Waals surface area contributed by atoms with Crippen LogP contribution in [0.2, 0.25) is 0 Å². The van der Waals surface area contributed by atoms with Crippen LogP contribution in [0.1, 0.15) is 22.3 Å². The number of hydrogen-bond donors (Lipinski definition) is 3. The number of thiazole rings is 1. The van der Waals surface area contributed by atoms with E-state index < -0.39 is 0 Å². The van der Waals surface area contributed by atoms with Gasteiger partial charge < -0.3 is 10.2 Å². The minimum atomic E-state index is -0.0461. The van der Waals surface area contributed by atoms with Gasteiger partial charge in [-0.15, -0.1) is 11.3 Å². The number of aromatic hydroxyl groups is 2. The first-order valence-electron chi connectivity index (χ1n) is 6.54. The number of hydrogen-bond acceptors (Lipinski definition) is 5. The Bertz CT molecular complexity index is 804. The zero-order valence-corrected chi connectivity index (χ0v) is 13.9. The predicted molar refractivity (Wildman–Crippen MR) is 86.8 cm³/mol. The number of aromatic amines is 1. The zero-order valence-electron chi connectivity index (χ0n) is 12.2. The second kappa shape index (κ2) is 4.96. The van der Waals surface area contributed by atoms with Gasteiger partial charge in [-0.2, -0.15) is 0 Å². The van der Waals surface area contributed by atoms with Crippen LogP contribution in [0, 0.1) is 27.7 Å². The average molecular weight is 320 g/mol. The van der Waals surface area contributed by atoms with Gasteiger partial charge in [-0.05, 0) is 49.9 Å². The molecule has 0 aliphatic rings. The highest BCUT2D eigenvalue weighted by Crippen LogP contribution is 2.42. The fourth-order valence-corrected chi connectivity index (χ4v) is 4.59. The van der Waals surface area contributed by atoms with Gasteiger partial charge >= 0.3 is 0 Å². The SMILES string of the molecule is Cc1c(C)c(C)c2sc(Sc3cc(O)[nH]c3O)nc2c1C. The summed E-state index contributed by atoms with van der Waals surface area (Å²) in [6, 6.07) is 1.50. The van der Waals surface area contributed by atoms with Crippen molar-refractivity contribution in [3.8, 4) is 11.8 Å². The summed E-state index contributed by atoms with van der Waals surface area (Å²) >= 11 is 2.98. The normalized spacial score (nSPS) is 11.4. The van der Waals surface area contributed by atoms with Crippen molar-refractivity contribution >= 4 is 33.3 Å². The summed E-state index contributed by atoms with van der Waals surface area (Å²) in [5, 5.41) is 19.1. The quantitative estimate of drug-likeness (QED) is 0.654. The Hall–Kier alpha value is -1.66. The highest BCUT2D eigenvalue weighted by atomic mass is 32.2. The molecule has 2 heterocycles. The number of H-pyrrole nitrogens is 1. The van der Waals surface area contributed by atoms with Gasteiger partial charge in [0.05, 0.1) is 15.1 Å². The van der Waals surface area contributed by atoms with E-state index in [0.717, 1.165) is 9.86 Å². The third-order valence-electron chi connectivity index (χ3n) is 3.94. The number of benzene rings is 1. The monoisotopic (exact) mass is 320 g/mol. The molecule has 4 nitrogen and oxygen atoms in total. The van der Waals surface area contributed by atoms with Gasteiger partial charge in [0, 0.05) is 6.07 Å². The lowest BCUT2D eigenvalue weighted by atomic mass is 9.99. The maximum atomic E-state index is 9.71. The minimum absolute atomic E-state index is 0.0300. The lowest BCUT2D eigenvalue weighted by Gasteiger charge is -2.08. The molecule has 0 spiro atoms. The third kappa shape index (κ3) is 2.28. The van der Waals surface area contributed by atoms with Crippen LogP contribution in [-0.2, 0) is 0 Å². The van der Waals surface area contributed by atoms with Gasteiger partial charge in [0.1, 0.15) is 0 Å². The molecule has 2 aromatic heterocycles. The van der Waals surface area contributed by atoms with Crippen LogP contribution in [0.4, 0.5) is 0 Å². The van der Waals surface area contributed by atoms with Crippen LogP contribution in [0.15, 0.2) is 15.3 Å². The number of rotatable bonds is 2. The highest BCUT2D eigenvalue weighted by molar-refractivity contribution is 8.01. The van der Waals surface area contributed by atoms with E-state index in [1.165, 1.54) is 44.8 Å². The molecule has 0 unspecified atom stereocenters. The molecule has 0 bridgehead atoms. The Balaban J connectivity index is 2.12. The first-order valence-corrected chi connectivity index (χ1v) is 8.17. The van der Waals surface area contributed by atoms with Crippen LogP contribution in [-0.4, -0.2) is 20.2 Å². The molecule has 110 valence electrons. The molecule has 0 saturated carbocycles. The molecule has 0 radical (unpaired) electrons. The molecule has 0 amide bonds. The van der Waals surface area contributed by atoms with Crippen molar-refractivity contribution in [2.75, 3.05) is 0 Å². The van der Waals surface area contributed by atoms with Crippen LogP contribution < -0.4 is 0 Å². The summed E-state index contributed by atoms with van der Waals surface area (Å²) in [6.45, 7) is 8.48. The van der Waals surface area contributed by atoms with Gasteiger partial charge in [-0.25, -0.2) is 4.98 Å². The summed E-state index contributed by atoms with van der Waals surface area (Å²) in [5.41, 5.74) is 6.09. The van der Waals surface area contributed by atoms with Crippen LogP contribution >= 0.6 is 23.1 Å². The van der Waals surface area contributed by atoms with E-state index in [4.69, 9.17) is 4.98 Å². The first kappa shape index (κ1) is 14.3. The van der Waals surface area contributed by atoms with Crippen LogP contribution in [0.25, 0.3) is 10.2 Å². The second-order valence-corrected chi connectivity index (χ2v) is 7.42. The fraction of sp³-hybridized carbons (Fsp3) is 0.267. The molecule has 3 rings (SSSR count). The van der Waals surface area contributed by atoms with E-state index >= 15 is 0 Å². The number of nitrogens with zero attached hydrogens (tertiary/aromatic N) is 1. The second-order valence-electron chi connectivity index (χ2n) is 5.13. The molecule has 0 atom stereocenters. The predicted octanol–water partition coefficient (Wildman–Crippen LogP) is 4.42. The molecule has 0 saturated heterocycles.